The zero-order chi connectivity index (χ0) is 14.8. The van der Waals surface area contributed by atoms with Gasteiger partial charge in [0.25, 0.3) is 0 Å². The van der Waals surface area contributed by atoms with E-state index in [1.807, 2.05) is 24.3 Å². The largest absolute Gasteiger partial charge is 0.380 e. The summed E-state index contributed by atoms with van der Waals surface area (Å²) in [6, 6.07) is 12.3. The molecule has 21 heavy (non-hydrogen) atoms. The molecule has 106 valence electrons. The summed E-state index contributed by atoms with van der Waals surface area (Å²) in [5.74, 6) is -0.233. The van der Waals surface area contributed by atoms with Gasteiger partial charge in [-0.3, -0.25) is 4.98 Å². The number of aromatic nitrogens is 1. The summed E-state index contributed by atoms with van der Waals surface area (Å²) >= 11 is 8.30. The van der Waals surface area contributed by atoms with E-state index in [0.29, 0.717) is 11.6 Å². The van der Waals surface area contributed by atoms with Gasteiger partial charge in [-0.1, -0.05) is 17.7 Å². The maximum atomic E-state index is 13.1. The first-order valence-corrected chi connectivity index (χ1v) is 7.82. The van der Waals surface area contributed by atoms with Crippen LogP contribution in [0.4, 0.5) is 10.1 Å². The Morgan fingerprint density at radius 1 is 1.19 bits per heavy atom. The third-order valence-electron chi connectivity index (χ3n) is 3.20. The Labute approximate surface area is 140 Å². The van der Waals surface area contributed by atoms with E-state index in [0.717, 1.165) is 25.7 Å². The molecule has 0 amide bonds. The second-order valence-corrected chi connectivity index (χ2v) is 6.15. The lowest BCUT2D eigenvalue weighted by atomic mass is 10.1. The molecule has 0 aliphatic carbocycles. The number of nitrogens with zero attached hydrogens (tertiary/aromatic N) is 1. The first-order chi connectivity index (χ1) is 10.1. The molecular formula is C16H11ClFIN2. The molecule has 0 saturated heterocycles. The highest BCUT2D eigenvalue weighted by molar-refractivity contribution is 14.1. The first kappa shape index (κ1) is 14.5. The van der Waals surface area contributed by atoms with Crippen molar-refractivity contribution < 1.29 is 4.39 Å². The lowest BCUT2D eigenvalue weighted by molar-refractivity contribution is 0.627. The minimum atomic E-state index is -0.233. The molecule has 0 spiro atoms. The number of fused-ring (bicyclic) bond motifs is 1. The predicted molar refractivity (Wildman–Crippen MR) is 93.2 cm³/mol. The van der Waals surface area contributed by atoms with Crippen molar-refractivity contribution in [3.05, 3.63) is 68.6 Å². The topological polar surface area (TPSA) is 24.9 Å². The molecule has 0 fully saturated rings. The molecule has 1 aromatic heterocycles. The van der Waals surface area contributed by atoms with Crippen LogP contribution in [0.2, 0.25) is 5.02 Å². The molecule has 2 aromatic carbocycles. The van der Waals surface area contributed by atoms with Crippen molar-refractivity contribution in [2.75, 3.05) is 5.32 Å². The first-order valence-electron chi connectivity index (χ1n) is 6.36. The summed E-state index contributed by atoms with van der Waals surface area (Å²) < 4.78 is 14.0. The van der Waals surface area contributed by atoms with E-state index in [9.17, 15) is 4.39 Å². The minimum absolute atomic E-state index is 0.233. The molecule has 0 radical (unpaired) electrons. The number of anilines is 1. The maximum Gasteiger partial charge on any atom is 0.124 e. The van der Waals surface area contributed by atoms with Gasteiger partial charge in [0, 0.05) is 32.4 Å². The number of nitrogens with one attached hydrogen (secondary N) is 1. The number of hydrogen-bond acceptors (Lipinski definition) is 2. The number of rotatable bonds is 3. The number of halogens is 3. The van der Waals surface area contributed by atoms with Crippen LogP contribution < -0.4 is 5.32 Å². The summed E-state index contributed by atoms with van der Waals surface area (Å²) in [5.41, 5.74) is 2.83. The van der Waals surface area contributed by atoms with Crippen molar-refractivity contribution in [3.8, 4) is 0 Å². The average molecular weight is 413 g/mol. The maximum absolute atomic E-state index is 13.1. The van der Waals surface area contributed by atoms with Crippen LogP contribution in [0.25, 0.3) is 10.9 Å². The summed E-state index contributed by atoms with van der Waals surface area (Å²) in [5, 5.41) is 4.94. The monoisotopic (exact) mass is 412 g/mol. The molecule has 0 unspecified atom stereocenters. The quantitative estimate of drug-likeness (QED) is 0.595. The molecule has 0 atom stereocenters. The molecule has 0 saturated carbocycles. The highest BCUT2D eigenvalue weighted by atomic mass is 127. The Balaban J connectivity index is 1.90. The molecule has 5 heteroatoms. The third kappa shape index (κ3) is 3.11. The molecule has 0 aliphatic heterocycles. The Morgan fingerprint density at radius 3 is 2.86 bits per heavy atom. The van der Waals surface area contributed by atoms with Crippen molar-refractivity contribution in [3.63, 3.8) is 0 Å². The van der Waals surface area contributed by atoms with Crippen LogP contribution in [-0.4, -0.2) is 4.98 Å². The van der Waals surface area contributed by atoms with Gasteiger partial charge in [-0.2, -0.15) is 0 Å². The average Bonchev–Trinajstić information content (AvgIpc) is 2.48. The van der Waals surface area contributed by atoms with Crippen LogP contribution in [-0.2, 0) is 6.54 Å². The lowest BCUT2D eigenvalue weighted by Crippen LogP contribution is -2.02. The van der Waals surface area contributed by atoms with Crippen molar-refractivity contribution in [1.29, 1.82) is 0 Å². The fraction of sp³-hybridized carbons (Fsp3) is 0.0625. The van der Waals surface area contributed by atoms with Crippen molar-refractivity contribution in [2.24, 2.45) is 0 Å². The summed E-state index contributed by atoms with van der Waals surface area (Å²) in [7, 11) is 0. The van der Waals surface area contributed by atoms with Gasteiger partial charge >= 0.3 is 0 Å². The van der Waals surface area contributed by atoms with Crippen molar-refractivity contribution >= 4 is 50.8 Å². The Kier molecular flexibility index (Phi) is 4.26. The second-order valence-electron chi connectivity index (χ2n) is 4.58. The van der Waals surface area contributed by atoms with E-state index in [2.05, 4.69) is 32.9 Å². The van der Waals surface area contributed by atoms with Gasteiger partial charge in [-0.05, 0) is 64.6 Å². The number of pyridine rings is 1. The van der Waals surface area contributed by atoms with Crippen LogP contribution in [0.1, 0.15) is 5.56 Å². The Morgan fingerprint density at radius 2 is 2.05 bits per heavy atom. The molecule has 3 aromatic rings. The predicted octanol–water partition coefficient (Wildman–Crippen LogP) is 5.24. The van der Waals surface area contributed by atoms with E-state index < -0.39 is 0 Å². The highest BCUT2D eigenvalue weighted by Gasteiger charge is 2.07. The van der Waals surface area contributed by atoms with Gasteiger partial charge < -0.3 is 5.32 Å². The van der Waals surface area contributed by atoms with Crippen molar-refractivity contribution in [1.82, 2.24) is 4.98 Å². The van der Waals surface area contributed by atoms with Gasteiger partial charge in [0.05, 0.1) is 5.52 Å². The zero-order valence-corrected chi connectivity index (χ0v) is 13.8. The summed E-state index contributed by atoms with van der Waals surface area (Å²) in [4.78, 5) is 4.40. The van der Waals surface area contributed by atoms with E-state index in [-0.39, 0.29) is 5.82 Å². The van der Waals surface area contributed by atoms with Crippen LogP contribution >= 0.6 is 34.2 Å². The Hall–Kier alpha value is -1.40. The van der Waals surface area contributed by atoms with E-state index in [4.69, 9.17) is 11.6 Å². The number of benzene rings is 2. The molecular weight excluding hydrogens is 402 g/mol. The van der Waals surface area contributed by atoms with E-state index in [1.54, 1.807) is 12.3 Å². The Bertz CT molecular complexity index is 807. The summed E-state index contributed by atoms with van der Waals surface area (Å²) in [6.07, 6.45) is 1.75. The zero-order valence-electron chi connectivity index (χ0n) is 10.9. The smallest absolute Gasteiger partial charge is 0.124 e. The molecule has 0 bridgehead atoms. The van der Waals surface area contributed by atoms with E-state index in [1.165, 1.54) is 12.1 Å². The molecule has 3 rings (SSSR count). The van der Waals surface area contributed by atoms with Crippen LogP contribution in [0.15, 0.2) is 48.7 Å². The van der Waals surface area contributed by atoms with Gasteiger partial charge in [0.15, 0.2) is 0 Å². The second kappa shape index (κ2) is 6.15. The summed E-state index contributed by atoms with van der Waals surface area (Å²) in [6.45, 7) is 0.603. The normalized spacial score (nSPS) is 10.8. The standard InChI is InChI=1S/C16H11ClFIN2/c17-13-5-3-10(16-12(13)2-1-7-20-16)9-21-15-6-4-11(18)8-14(15)19/h1-8,21H,9H2. The van der Waals surface area contributed by atoms with Gasteiger partial charge in [-0.25, -0.2) is 4.39 Å². The van der Waals surface area contributed by atoms with Crippen LogP contribution in [0.5, 0.6) is 0 Å². The van der Waals surface area contributed by atoms with E-state index >= 15 is 0 Å². The SMILES string of the molecule is Fc1ccc(NCc2ccc(Cl)c3cccnc23)c(I)c1. The fourth-order valence-corrected chi connectivity index (χ4v) is 3.05. The molecule has 1 N–H and O–H groups in total. The van der Waals surface area contributed by atoms with Crippen LogP contribution in [0, 0.1) is 9.39 Å². The minimum Gasteiger partial charge on any atom is -0.380 e. The van der Waals surface area contributed by atoms with Crippen LogP contribution in [0.3, 0.4) is 0 Å². The van der Waals surface area contributed by atoms with Gasteiger partial charge in [-0.15, -0.1) is 0 Å². The molecule has 2 nitrogen and oxygen atoms in total. The molecule has 0 aliphatic rings. The third-order valence-corrected chi connectivity index (χ3v) is 4.42. The van der Waals surface area contributed by atoms with Gasteiger partial charge in [0.1, 0.15) is 5.82 Å². The highest BCUT2D eigenvalue weighted by Crippen LogP contribution is 2.26. The van der Waals surface area contributed by atoms with Crippen molar-refractivity contribution in [2.45, 2.75) is 6.54 Å². The fourth-order valence-electron chi connectivity index (χ4n) is 2.16. The van der Waals surface area contributed by atoms with Gasteiger partial charge in [0.2, 0.25) is 0 Å². The number of hydrogen-bond donors (Lipinski definition) is 1. The lowest BCUT2D eigenvalue weighted by Gasteiger charge is -2.11. The molecule has 1 heterocycles.